The summed E-state index contributed by atoms with van der Waals surface area (Å²) in [7, 11) is 0. The molecule has 0 bridgehead atoms. The summed E-state index contributed by atoms with van der Waals surface area (Å²) < 4.78 is 36.0. The molecule has 1 aromatic carbocycles. The van der Waals surface area contributed by atoms with Crippen LogP contribution in [0.15, 0.2) is 24.3 Å². The fraction of sp³-hybridized carbons (Fsp3) is 0.333. The van der Waals surface area contributed by atoms with Crippen LogP contribution in [-0.4, -0.2) is 23.9 Å². The molecule has 0 radical (unpaired) electrons. The second-order valence-corrected chi connectivity index (χ2v) is 3.92. The molecule has 0 saturated heterocycles. The number of benzene rings is 1. The van der Waals surface area contributed by atoms with Gasteiger partial charge in [-0.1, -0.05) is 29.8 Å². The molecule has 0 spiro atoms. The highest BCUT2D eigenvalue weighted by molar-refractivity contribution is 6.02. The maximum atomic E-state index is 12.0. The first kappa shape index (κ1) is 14.2. The predicted molar refractivity (Wildman–Crippen MR) is 59.2 cm³/mol. The molecule has 1 amide bonds. The maximum absolute atomic E-state index is 12.0. The SMILES string of the molecule is Cc1ccc(C(=O)[C@@H](C)NC(=O)C(F)(F)F)cc1. The number of hydrogen-bond acceptors (Lipinski definition) is 2. The molecule has 1 N–H and O–H groups in total. The molecular formula is C12H12F3NO2. The average Bonchev–Trinajstić information content (AvgIpc) is 2.27. The van der Waals surface area contributed by atoms with Crippen molar-refractivity contribution >= 4 is 11.7 Å². The van der Waals surface area contributed by atoms with E-state index in [2.05, 4.69) is 0 Å². The Labute approximate surface area is 102 Å². The van der Waals surface area contributed by atoms with Crippen molar-refractivity contribution in [1.82, 2.24) is 5.32 Å². The molecule has 0 aliphatic rings. The van der Waals surface area contributed by atoms with Gasteiger partial charge in [-0.3, -0.25) is 9.59 Å². The lowest BCUT2D eigenvalue weighted by Gasteiger charge is -2.14. The van der Waals surface area contributed by atoms with E-state index in [1.807, 2.05) is 6.92 Å². The number of rotatable bonds is 3. The highest BCUT2D eigenvalue weighted by atomic mass is 19.4. The minimum absolute atomic E-state index is 0.260. The van der Waals surface area contributed by atoms with Crippen molar-refractivity contribution in [2.24, 2.45) is 0 Å². The number of aryl methyl sites for hydroxylation is 1. The largest absolute Gasteiger partial charge is 0.471 e. The van der Waals surface area contributed by atoms with Gasteiger partial charge in [-0.2, -0.15) is 13.2 Å². The first-order valence-corrected chi connectivity index (χ1v) is 5.20. The topological polar surface area (TPSA) is 46.2 Å². The molecule has 0 unspecified atom stereocenters. The fourth-order valence-electron chi connectivity index (χ4n) is 1.31. The third-order valence-electron chi connectivity index (χ3n) is 2.33. The van der Waals surface area contributed by atoms with Gasteiger partial charge < -0.3 is 5.32 Å². The highest BCUT2D eigenvalue weighted by Gasteiger charge is 2.40. The van der Waals surface area contributed by atoms with Crippen molar-refractivity contribution in [3.8, 4) is 0 Å². The van der Waals surface area contributed by atoms with Crippen LogP contribution in [-0.2, 0) is 4.79 Å². The first-order chi connectivity index (χ1) is 8.21. The van der Waals surface area contributed by atoms with Crippen LogP contribution in [0.5, 0.6) is 0 Å². The van der Waals surface area contributed by atoms with Crippen LogP contribution in [0.2, 0.25) is 0 Å². The Balaban J connectivity index is 2.73. The van der Waals surface area contributed by atoms with Crippen LogP contribution < -0.4 is 5.32 Å². The number of halogens is 3. The molecule has 1 atom stereocenters. The average molecular weight is 259 g/mol. The monoisotopic (exact) mass is 259 g/mol. The first-order valence-electron chi connectivity index (χ1n) is 5.20. The standard InChI is InChI=1S/C12H12F3NO2/c1-7-3-5-9(6-4-7)10(17)8(2)16-11(18)12(13,14)15/h3-6,8H,1-2H3,(H,16,18)/t8-/m1/s1. The zero-order chi connectivity index (χ0) is 13.9. The molecule has 0 aliphatic heterocycles. The molecule has 18 heavy (non-hydrogen) atoms. The maximum Gasteiger partial charge on any atom is 0.471 e. The van der Waals surface area contributed by atoms with Crippen molar-refractivity contribution in [1.29, 1.82) is 0 Å². The van der Waals surface area contributed by atoms with Crippen molar-refractivity contribution < 1.29 is 22.8 Å². The third kappa shape index (κ3) is 3.58. The van der Waals surface area contributed by atoms with Gasteiger partial charge in [-0.25, -0.2) is 0 Å². The molecule has 6 heteroatoms. The van der Waals surface area contributed by atoms with E-state index in [0.29, 0.717) is 0 Å². The van der Waals surface area contributed by atoms with Gasteiger partial charge >= 0.3 is 12.1 Å². The zero-order valence-corrected chi connectivity index (χ0v) is 9.84. The molecule has 1 rings (SSSR count). The van der Waals surface area contributed by atoms with Crippen LogP contribution >= 0.6 is 0 Å². The Kier molecular flexibility index (Phi) is 4.11. The smallest absolute Gasteiger partial charge is 0.338 e. The van der Waals surface area contributed by atoms with E-state index in [-0.39, 0.29) is 5.56 Å². The second kappa shape index (κ2) is 5.20. The van der Waals surface area contributed by atoms with Crippen LogP contribution in [0.25, 0.3) is 0 Å². The van der Waals surface area contributed by atoms with Crippen LogP contribution in [0.3, 0.4) is 0 Å². The molecule has 0 heterocycles. The Morgan fingerprint density at radius 1 is 1.17 bits per heavy atom. The van der Waals surface area contributed by atoms with Gasteiger partial charge in [0.1, 0.15) is 0 Å². The molecule has 3 nitrogen and oxygen atoms in total. The molecule has 0 fully saturated rings. The van der Waals surface area contributed by atoms with Crippen molar-refractivity contribution in [3.63, 3.8) is 0 Å². The Morgan fingerprint density at radius 2 is 1.67 bits per heavy atom. The quantitative estimate of drug-likeness (QED) is 0.846. The molecular weight excluding hydrogens is 247 g/mol. The Morgan fingerprint density at radius 3 is 2.11 bits per heavy atom. The summed E-state index contributed by atoms with van der Waals surface area (Å²) in [5.74, 6) is -2.68. The number of carbonyl (C=O) groups excluding carboxylic acids is 2. The summed E-state index contributed by atoms with van der Waals surface area (Å²) in [4.78, 5) is 22.4. The summed E-state index contributed by atoms with van der Waals surface area (Å²) in [5.41, 5.74) is 1.19. The number of carbonyl (C=O) groups is 2. The van der Waals surface area contributed by atoms with E-state index in [0.717, 1.165) is 5.56 Å². The summed E-state index contributed by atoms with van der Waals surface area (Å²) in [6.45, 7) is 3.04. The number of ketones is 1. The van der Waals surface area contributed by atoms with Gasteiger partial charge in [0.25, 0.3) is 0 Å². The lowest BCUT2D eigenvalue weighted by atomic mass is 10.0. The van der Waals surface area contributed by atoms with Crippen molar-refractivity contribution in [2.75, 3.05) is 0 Å². The summed E-state index contributed by atoms with van der Waals surface area (Å²) in [6, 6.07) is 5.14. The molecule has 0 aliphatic carbocycles. The van der Waals surface area contributed by atoms with E-state index < -0.39 is 23.9 Å². The van der Waals surface area contributed by atoms with Gasteiger partial charge in [0.15, 0.2) is 5.78 Å². The van der Waals surface area contributed by atoms with E-state index in [1.165, 1.54) is 19.1 Å². The number of Topliss-reactive ketones (excluding diaryl/α,β-unsaturated/α-hetero) is 1. The normalized spacial score (nSPS) is 12.9. The second-order valence-electron chi connectivity index (χ2n) is 3.92. The summed E-state index contributed by atoms with van der Waals surface area (Å²) >= 11 is 0. The van der Waals surface area contributed by atoms with Crippen LogP contribution in [0.1, 0.15) is 22.8 Å². The minimum atomic E-state index is -4.98. The van der Waals surface area contributed by atoms with Gasteiger partial charge in [0, 0.05) is 5.56 Å². The number of nitrogens with one attached hydrogen (secondary N) is 1. The van der Waals surface area contributed by atoms with Crippen molar-refractivity contribution in [2.45, 2.75) is 26.1 Å². The predicted octanol–water partition coefficient (Wildman–Crippen LogP) is 2.24. The van der Waals surface area contributed by atoms with E-state index in [9.17, 15) is 22.8 Å². The van der Waals surface area contributed by atoms with Gasteiger partial charge in [0.2, 0.25) is 0 Å². The van der Waals surface area contributed by atoms with Crippen LogP contribution in [0, 0.1) is 6.92 Å². The highest BCUT2D eigenvalue weighted by Crippen LogP contribution is 2.15. The van der Waals surface area contributed by atoms with Gasteiger partial charge in [-0.05, 0) is 13.8 Å². The molecule has 0 saturated carbocycles. The van der Waals surface area contributed by atoms with E-state index >= 15 is 0 Å². The number of hydrogen-bond donors (Lipinski definition) is 1. The third-order valence-corrected chi connectivity index (χ3v) is 2.33. The van der Waals surface area contributed by atoms with Gasteiger partial charge in [-0.15, -0.1) is 0 Å². The number of amides is 1. The van der Waals surface area contributed by atoms with Gasteiger partial charge in [0.05, 0.1) is 6.04 Å². The molecule has 98 valence electrons. The van der Waals surface area contributed by atoms with Crippen LogP contribution in [0.4, 0.5) is 13.2 Å². The Bertz CT molecular complexity index is 451. The Hall–Kier alpha value is -1.85. The zero-order valence-electron chi connectivity index (χ0n) is 9.84. The molecule has 0 aromatic heterocycles. The minimum Gasteiger partial charge on any atom is -0.338 e. The fourth-order valence-corrected chi connectivity index (χ4v) is 1.31. The number of alkyl halides is 3. The van der Waals surface area contributed by atoms with E-state index in [1.54, 1.807) is 17.4 Å². The summed E-state index contributed by atoms with van der Waals surface area (Å²) in [6.07, 6.45) is -4.98. The van der Waals surface area contributed by atoms with E-state index in [4.69, 9.17) is 0 Å². The lowest BCUT2D eigenvalue weighted by Crippen LogP contribution is -2.45. The lowest BCUT2D eigenvalue weighted by molar-refractivity contribution is -0.173. The summed E-state index contributed by atoms with van der Waals surface area (Å²) in [5, 5.41) is 1.62. The van der Waals surface area contributed by atoms with Crippen molar-refractivity contribution in [3.05, 3.63) is 35.4 Å². The molecule has 1 aromatic rings.